The number of amides is 1. The summed E-state index contributed by atoms with van der Waals surface area (Å²) in [6.45, 7) is 0.0329. The molecule has 0 aliphatic heterocycles. The Balaban J connectivity index is 2.75. The number of para-hydroxylation sites is 1. The van der Waals surface area contributed by atoms with Crippen molar-refractivity contribution in [3.63, 3.8) is 0 Å². The molecular weight excluding hydrogens is 192 g/mol. The largest absolute Gasteiger partial charge is 0.396 e. The zero-order chi connectivity index (χ0) is 11.1. The van der Waals surface area contributed by atoms with E-state index in [1.165, 1.54) is 0 Å². The van der Waals surface area contributed by atoms with Gasteiger partial charge < -0.3 is 10.4 Å². The van der Waals surface area contributed by atoms with Crippen LogP contribution in [0.25, 0.3) is 0 Å². The first-order valence-corrected chi connectivity index (χ1v) is 4.63. The molecule has 0 fully saturated rings. The predicted octanol–water partition coefficient (Wildman–Crippen LogP) is 1.07. The average molecular weight is 204 g/mol. The fourth-order valence-electron chi connectivity index (χ4n) is 1.25. The van der Waals surface area contributed by atoms with Crippen LogP contribution >= 0.6 is 0 Å². The summed E-state index contributed by atoms with van der Waals surface area (Å²) in [7, 11) is 0. The van der Waals surface area contributed by atoms with Crippen LogP contribution in [-0.4, -0.2) is 17.6 Å². The first-order chi connectivity index (χ1) is 7.27. The first kappa shape index (κ1) is 11.2. The molecule has 1 aromatic rings. The number of nitrogens with zero attached hydrogens (tertiary/aromatic N) is 1. The highest BCUT2D eigenvalue weighted by molar-refractivity contribution is 5.92. The molecule has 15 heavy (non-hydrogen) atoms. The third-order valence-corrected chi connectivity index (χ3v) is 1.91. The topological polar surface area (TPSA) is 73.1 Å². The zero-order valence-corrected chi connectivity index (χ0v) is 8.23. The summed E-state index contributed by atoms with van der Waals surface area (Å²) in [6, 6.07) is 8.99. The molecule has 2 N–H and O–H groups in total. The number of aliphatic hydroxyl groups excluding tert-OH is 1. The van der Waals surface area contributed by atoms with Gasteiger partial charge in [-0.25, -0.2) is 0 Å². The van der Waals surface area contributed by atoms with Gasteiger partial charge in [-0.05, 0) is 18.1 Å². The fraction of sp³-hybridized carbons (Fsp3) is 0.273. The highest BCUT2D eigenvalue weighted by atomic mass is 16.3. The number of carbonyl (C=O) groups is 1. The summed E-state index contributed by atoms with van der Waals surface area (Å²) in [5.41, 5.74) is 1.53. The van der Waals surface area contributed by atoms with Gasteiger partial charge in [0.25, 0.3) is 0 Å². The lowest BCUT2D eigenvalue weighted by Gasteiger charge is -2.08. The van der Waals surface area contributed by atoms with Crippen molar-refractivity contribution < 1.29 is 9.90 Å². The molecule has 1 aromatic carbocycles. The molecule has 0 atom stereocenters. The van der Waals surface area contributed by atoms with Crippen molar-refractivity contribution in [2.75, 3.05) is 11.9 Å². The van der Waals surface area contributed by atoms with E-state index in [1.807, 2.05) is 12.1 Å². The molecule has 1 amide bonds. The van der Waals surface area contributed by atoms with E-state index in [1.54, 1.807) is 18.2 Å². The van der Waals surface area contributed by atoms with E-state index < -0.39 is 0 Å². The van der Waals surface area contributed by atoms with E-state index in [-0.39, 0.29) is 18.9 Å². The van der Waals surface area contributed by atoms with Gasteiger partial charge >= 0.3 is 0 Å². The number of benzene rings is 1. The second-order valence-corrected chi connectivity index (χ2v) is 3.01. The SMILES string of the molecule is N#CCC(=O)Nc1ccccc1CCO. The number of hydrogen-bond acceptors (Lipinski definition) is 3. The minimum atomic E-state index is -0.331. The molecule has 4 nitrogen and oxygen atoms in total. The molecule has 0 aliphatic carbocycles. The van der Waals surface area contributed by atoms with Crippen LogP contribution in [-0.2, 0) is 11.2 Å². The van der Waals surface area contributed by atoms with Gasteiger partial charge in [-0.15, -0.1) is 0 Å². The van der Waals surface area contributed by atoms with Gasteiger partial charge in [0.05, 0.1) is 6.07 Å². The highest BCUT2D eigenvalue weighted by Crippen LogP contribution is 2.15. The Morgan fingerprint density at radius 3 is 2.87 bits per heavy atom. The molecule has 0 radical (unpaired) electrons. The maximum atomic E-state index is 11.2. The van der Waals surface area contributed by atoms with Crippen LogP contribution in [0.5, 0.6) is 0 Å². The monoisotopic (exact) mass is 204 g/mol. The average Bonchev–Trinajstić information content (AvgIpc) is 2.21. The molecule has 0 saturated heterocycles. The number of aliphatic hydroxyl groups is 1. The maximum absolute atomic E-state index is 11.2. The van der Waals surface area contributed by atoms with Crippen LogP contribution in [0.3, 0.4) is 0 Å². The van der Waals surface area contributed by atoms with Gasteiger partial charge in [-0.2, -0.15) is 5.26 Å². The van der Waals surface area contributed by atoms with Gasteiger partial charge in [0.15, 0.2) is 0 Å². The number of nitrogens with one attached hydrogen (secondary N) is 1. The van der Waals surface area contributed by atoms with Crippen molar-refractivity contribution in [1.29, 1.82) is 5.26 Å². The first-order valence-electron chi connectivity index (χ1n) is 4.63. The second-order valence-electron chi connectivity index (χ2n) is 3.01. The van der Waals surface area contributed by atoms with Crippen molar-refractivity contribution in [2.45, 2.75) is 12.8 Å². The van der Waals surface area contributed by atoms with Crippen LogP contribution in [0.4, 0.5) is 5.69 Å². The van der Waals surface area contributed by atoms with Gasteiger partial charge in [0.2, 0.25) is 5.91 Å². The standard InChI is InChI=1S/C11H12N2O2/c12-7-5-11(15)13-10-4-2-1-3-9(10)6-8-14/h1-4,14H,5-6,8H2,(H,13,15). The quantitative estimate of drug-likeness (QED) is 0.770. The van der Waals surface area contributed by atoms with Gasteiger partial charge in [-0.1, -0.05) is 18.2 Å². The minimum absolute atomic E-state index is 0.0329. The third kappa shape index (κ3) is 3.41. The maximum Gasteiger partial charge on any atom is 0.238 e. The van der Waals surface area contributed by atoms with E-state index in [2.05, 4.69) is 5.32 Å². The number of hydrogen-bond donors (Lipinski definition) is 2. The van der Waals surface area contributed by atoms with Crippen molar-refractivity contribution in [1.82, 2.24) is 0 Å². The smallest absolute Gasteiger partial charge is 0.238 e. The predicted molar refractivity (Wildman–Crippen MR) is 56.1 cm³/mol. The van der Waals surface area contributed by atoms with Crippen molar-refractivity contribution in [2.24, 2.45) is 0 Å². The Kier molecular flexibility index (Phi) is 4.32. The summed E-state index contributed by atoms with van der Waals surface area (Å²) in [5.74, 6) is -0.331. The van der Waals surface area contributed by atoms with Crippen molar-refractivity contribution >= 4 is 11.6 Å². The second kappa shape index (κ2) is 5.78. The zero-order valence-electron chi connectivity index (χ0n) is 8.23. The third-order valence-electron chi connectivity index (χ3n) is 1.91. The lowest BCUT2D eigenvalue weighted by Crippen LogP contribution is -2.12. The van der Waals surface area contributed by atoms with Crippen molar-refractivity contribution in [3.8, 4) is 6.07 Å². The van der Waals surface area contributed by atoms with E-state index in [4.69, 9.17) is 10.4 Å². The summed E-state index contributed by atoms with van der Waals surface area (Å²) in [6.07, 6.45) is 0.330. The van der Waals surface area contributed by atoms with Gasteiger partial charge in [0.1, 0.15) is 6.42 Å². The van der Waals surface area contributed by atoms with E-state index in [0.717, 1.165) is 5.56 Å². The van der Waals surface area contributed by atoms with E-state index >= 15 is 0 Å². The molecular formula is C11H12N2O2. The Bertz CT molecular complexity index is 382. The number of anilines is 1. The summed E-state index contributed by atoms with van der Waals surface area (Å²) < 4.78 is 0. The van der Waals surface area contributed by atoms with Gasteiger partial charge in [0, 0.05) is 12.3 Å². The summed E-state index contributed by atoms with van der Waals surface area (Å²) in [4.78, 5) is 11.2. The Morgan fingerprint density at radius 1 is 1.47 bits per heavy atom. The van der Waals surface area contributed by atoms with Gasteiger partial charge in [-0.3, -0.25) is 4.79 Å². The van der Waals surface area contributed by atoms with Crippen LogP contribution in [0.1, 0.15) is 12.0 Å². The number of rotatable bonds is 4. The van der Waals surface area contributed by atoms with Crippen LogP contribution in [0.2, 0.25) is 0 Å². The molecule has 4 heteroatoms. The summed E-state index contributed by atoms with van der Waals surface area (Å²) >= 11 is 0. The van der Waals surface area contributed by atoms with E-state index in [9.17, 15) is 4.79 Å². The van der Waals surface area contributed by atoms with E-state index in [0.29, 0.717) is 12.1 Å². The molecule has 0 saturated carbocycles. The Labute approximate surface area is 88.2 Å². The number of nitriles is 1. The fourth-order valence-corrected chi connectivity index (χ4v) is 1.25. The Morgan fingerprint density at radius 2 is 2.20 bits per heavy atom. The minimum Gasteiger partial charge on any atom is -0.396 e. The highest BCUT2D eigenvalue weighted by Gasteiger charge is 2.04. The number of carbonyl (C=O) groups excluding carboxylic acids is 1. The molecule has 0 unspecified atom stereocenters. The Hall–Kier alpha value is -1.86. The lowest BCUT2D eigenvalue weighted by molar-refractivity contribution is -0.115. The van der Waals surface area contributed by atoms with Crippen LogP contribution in [0.15, 0.2) is 24.3 Å². The molecule has 78 valence electrons. The summed E-state index contributed by atoms with van der Waals surface area (Å²) in [5, 5.41) is 19.8. The molecule has 0 aromatic heterocycles. The molecule has 0 spiro atoms. The van der Waals surface area contributed by atoms with Crippen LogP contribution < -0.4 is 5.32 Å². The molecule has 0 aliphatic rings. The normalized spacial score (nSPS) is 9.33. The molecule has 0 heterocycles. The molecule has 1 rings (SSSR count). The van der Waals surface area contributed by atoms with Crippen LogP contribution in [0, 0.1) is 11.3 Å². The van der Waals surface area contributed by atoms with Crippen molar-refractivity contribution in [3.05, 3.63) is 29.8 Å². The lowest BCUT2D eigenvalue weighted by atomic mass is 10.1. The molecule has 0 bridgehead atoms.